The Morgan fingerprint density at radius 3 is 2.43 bits per heavy atom. The molecule has 5 rings (SSSR count). The van der Waals surface area contributed by atoms with Gasteiger partial charge in [-0.1, -0.05) is 12.1 Å². The van der Waals surface area contributed by atoms with Crippen LogP contribution in [0.25, 0.3) is 0 Å². The van der Waals surface area contributed by atoms with Crippen molar-refractivity contribution in [2.75, 3.05) is 13.7 Å². The third kappa shape index (κ3) is 4.85. The van der Waals surface area contributed by atoms with Crippen LogP contribution in [0.5, 0.6) is 17.2 Å². The summed E-state index contributed by atoms with van der Waals surface area (Å²) in [4.78, 5) is 35.7. The average Bonchev–Trinajstić information content (AvgIpc) is 2.88. The van der Waals surface area contributed by atoms with Crippen LogP contribution >= 0.6 is 0 Å². The van der Waals surface area contributed by atoms with Crippen LogP contribution in [0.2, 0.25) is 0 Å². The zero-order valence-electron chi connectivity index (χ0n) is 20.6. The Labute approximate surface area is 213 Å². The van der Waals surface area contributed by atoms with Gasteiger partial charge in [0, 0.05) is 29.5 Å². The zero-order valence-corrected chi connectivity index (χ0v) is 20.6. The van der Waals surface area contributed by atoms with Crippen molar-refractivity contribution in [2.45, 2.75) is 63.6 Å². The van der Waals surface area contributed by atoms with Gasteiger partial charge >= 0.3 is 0 Å². The van der Waals surface area contributed by atoms with E-state index >= 15 is 0 Å². The van der Waals surface area contributed by atoms with E-state index in [9.17, 15) is 24.9 Å². The van der Waals surface area contributed by atoms with E-state index in [1.165, 1.54) is 13.2 Å². The molecule has 1 heterocycles. The van der Waals surface area contributed by atoms with Gasteiger partial charge in [0.15, 0.2) is 12.1 Å². The predicted octanol–water partition coefficient (Wildman–Crippen LogP) is 2.34. The van der Waals surface area contributed by atoms with Crippen LogP contribution in [0, 0.1) is 0 Å². The number of fused-ring (bicyclic) bond motifs is 3. The SMILES string of the molecule is COc1cccc2c1C(=O)c1c(O)c3c(c(O)c1C2=O)C[C@H](O)CC3O[C@H]1CCC[C@H](C)O1.O=CCO. The molecule has 1 saturated heterocycles. The Balaban J connectivity index is 0.000000747. The van der Waals surface area contributed by atoms with Crippen molar-refractivity contribution in [3.8, 4) is 17.2 Å². The maximum atomic E-state index is 13.5. The molecule has 0 aromatic heterocycles. The quantitative estimate of drug-likeness (QED) is 0.301. The van der Waals surface area contributed by atoms with E-state index in [0.29, 0.717) is 12.7 Å². The molecule has 2 aliphatic carbocycles. The fraction of sp³-hybridized carbons (Fsp3) is 0.444. The molecule has 4 N–H and O–H groups in total. The van der Waals surface area contributed by atoms with Crippen LogP contribution in [-0.2, 0) is 20.7 Å². The minimum Gasteiger partial charge on any atom is -0.507 e. The summed E-state index contributed by atoms with van der Waals surface area (Å²) in [6, 6.07) is 4.63. The Kier molecular flexibility index (Phi) is 7.93. The third-order valence-corrected chi connectivity index (χ3v) is 6.83. The van der Waals surface area contributed by atoms with Gasteiger partial charge in [0.1, 0.15) is 23.5 Å². The van der Waals surface area contributed by atoms with Crippen molar-refractivity contribution in [2.24, 2.45) is 0 Å². The molecule has 0 bridgehead atoms. The highest BCUT2D eigenvalue weighted by molar-refractivity contribution is 6.31. The van der Waals surface area contributed by atoms with Gasteiger partial charge < -0.3 is 39.4 Å². The molecule has 198 valence electrons. The van der Waals surface area contributed by atoms with E-state index in [-0.39, 0.29) is 64.7 Å². The molecule has 1 fully saturated rings. The molecular weight excluding hydrogens is 484 g/mol. The number of ether oxygens (including phenoxy) is 3. The Morgan fingerprint density at radius 1 is 1.08 bits per heavy atom. The summed E-state index contributed by atoms with van der Waals surface area (Å²) in [7, 11) is 1.39. The van der Waals surface area contributed by atoms with Gasteiger partial charge in [-0.25, -0.2) is 0 Å². The summed E-state index contributed by atoms with van der Waals surface area (Å²) < 4.78 is 17.3. The lowest BCUT2D eigenvalue weighted by molar-refractivity contribution is -0.218. The standard InChI is InChI=1S/C25H26O8.C2H4O2/c1-11-5-3-8-17(32-11)33-16-10-12(26)9-14-19(16)25(30)21-20(23(14)28)22(27)13-6-4-7-15(31-2)18(13)24(21)29;3-1-2-4/h4,6-7,11-12,16-17,26,28,30H,3,5,8-10H2,1-2H3;1,4H,2H2/t11-,12-,16?,17-;/m0./s1. The van der Waals surface area contributed by atoms with Gasteiger partial charge in [0.25, 0.3) is 0 Å². The van der Waals surface area contributed by atoms with Crippen LogP contribution in [0.3, 0.4) is 0 Å². The molecule has 4 atom stereocenters. The number of phenolic OH excluding ortho intramolecular Hbond substituents is 2. The summed E-state index contributed by atoms with van der Waals surface area (Å²) in [6.45, 7) is 1.59. The highest BCUT2D eigenvalue weighted by Gasteiger charge is 2.43. The highest BCUT2D eigenvalue weighted by atomic mass is 16.7. The average molecular weight is 515 g/mol. The monoisotopic (exact) mass is 514 g/mol. The smallest absolute Gasteiger partial charge is 0.202 e. The van der Waals surface area contributed by atoms with Crippen molar-refractivity contribution in [1.29, 1.82) is 0 Å². The topological polar surface area (TPSA) is 160 Å². The fourth-order valence-electron chi connectivity index (χ4n) is 5.23. The molecule has 0 amide bonds. The van der Waals surface area contributed by atoms with E-state index in [1.54, 1.807) is 12.1 Å². The number of phenols is 2. The predicted molar refractivity (Wildman–Crippen MR) is 129 cm³/mol. The first-order chi connectivity index (χ1) is 17.7. The van der Waals surface area contributed by atoms with Crippen LogP contribution < -0.4 is 4.74 Å². The zero-order chi connectivity index (χ0) is 26.9. The molecule has 0 spiro atoms. The summed E-state index contributed by atoms with van der Waals surface area (Å²) >= 11 is 0. The van der Waals surface area contributed by atoms with E-state index in [0.717, 1.165) is 12.8 Å². The molecule has 0 radical (unpaired) electrons. The normalized spacial score (nSPS) is 24.2. The van der Waals surface area contributed by atoms with Crippen molar-refractivity contribution in [3.05, 3.63) is 51.6 Å². The number of hydrogen-bond donors (Lipinski definition) is 4. The summed E-state index contributed by atoms with van der Waals surface area (Å²) in [6.07, 6.45) is 0.932. The number of aldehydes is 1. The highest BCUT2D eigenvalue weighted by Crippen LogP contribution is 2.50. The first-order valence-electron chi connectivity index (χ1n) is 12.1. The fourth-order valence-corrected chi connectivity index (χ4v) is 5.23. The van der Waals surface area contributed by atoms with E-state index < -0.39 is 41.6 Å². The van der Waals surface area contributed by atoms with Gasteiger partial charge in [-0.15, -0.1) is 0 Å². The van der Waals surface area contributed by atoms with Crippen LogP contribution in [-0.4, -0.2) is 70.5 Å². The second-order valence-electron chi connectivity index (χ2n) is 9.26. The molecule has 10 nitrogen and oxygen atoms in total. The van der Waals surface area contributed by atoms with Gasteiger partial charge in [-0.05, 0) is 32.3 Å². The Hall–Kier alpha value is -3.31. The van der Waals surface area contributed by atoms with Crippen molar-refractivity contribution < 1.29 is 49.0 Å². The number of ketones is 2. The summed E-state index contributed by atoms with van der Waals surface area (Å²) in [5.41, 5.74) is 0.0490. The molecule has 3 aliphatic rings. The Bertz CT molecular complexity index is 1220. The second kappa shape index (κ2) is 11.0. The minimum absolute atomic E-state index is 0.0189. The number of aromatic hydroxyl groups is 2. The van der Waals surface area contributed by atoms with Gasteiger partial charge in [-0.3, -0.25) is 9.59 Å². The lowest BCUT2D eigenvalue weighted by atomic mass is 9.76. The molecule has 1 aliphatic heterocycles. The lowest BCUT2D eigenvalue weighted by Crippen LogP contribution is -2.33. The molecule has 37 heavy (non-hydrogen) atoms. The molecular formula is C27H30O10. The van der Waals surface area contributed by atoms with Gasteiger partial charge in [-0.2, -0.15) is 0 Å². The second-order valence-corrected chi connectivity index (χ2v) is 9.26. The van der Waals surface area contributed by atoms with Gasteiger partial charge in [0.05, 0.1) is 48.7 Å². The molecule has 2 aromatic rings. The number of rotatable bonds is 4. The number of aliphatic hydroxyl groups excluding tert-OH is 2. The first kappa shape index (κ1) is 26.7. The molecule has 2 aromatic carbocycles. The first-order valence-corrected chi connectivity index (χ1v) is 12.1. The van der Waals surface area contributed by atoms with Crippen molar-refractivity contribution in [1.82, 2.24) is 0 Å². The van der Waals surface area contributed by atoms with Gasteiger partial charge in [0.2, 0.25) is 5.78 Å². The maximum Gasteiger partial charge on any atom is 0.202 e. The van der Waals surface area contributed by atoms with Crippen LogP contribution in [0.15, 0.2) is 18.2 Å². The van der Waals surface area contributed by atoms with E-state index in [4.69, 9.17) is 24.1 Å². The van der Waals surface area contributed by atoms with Crippen LogP contribution in [0.1, 0.15) is 81.7 Å². The molecule has 0 saturated carbocycles. The molecule has 1 unspecified atom stereocenters. The van der Waals surface area contributed by atoms with E-state index in [2.05, 4.69) is 0 Å². The number of methoxy groups -OCH3 is 1. The summed E-state index contributed by atoms with van der Waals surface area (Å²) in [5, 5.41) is 40.4. The Morgan fingerprint density at radius 2 is 1.78 bits per heavy atom. The van der Waals surface area contributed by atoms with Crippen molar-refractivity contribution in [3.63, 3.8) is 0 Å². The number of carbonyl (C=O) groups excluding carboxylic acids is 3. The number of carbonyl (C=O) groups is 3. The lowest BCUT2D eigenvalue weighted by Gasteiger charge is -2.36. The number of hydrogen-bond acceptors (Lipinski definition) is 10. The summed E-state index contributed by atoms with van der Waals surface area (Å²) in [5.74, 6) is -1.81. The minimum atomic E-state index is -0.853. The van der Waals surface area contributed by atoms with Crippen LogP contribution in [0.4, 0.5) is 0 Å². The largest absolute Gasteiger partial charge is 0.507 e. The van der Waals surface area contributed by atoms with E-state index in [1.807, 2.05) is 6.92 Å². The number of aliphatic hydroxyl groups is 2. The maximum absolute atomic E-state index is 13.5. The van der Waals surface area contributed by atoms with Crippen molar-refractivity contribution >= 4 is 17.9 Å². The third-order valence-electron chi connectivity index (χ3n) is 6.83. The number of benzene rings is 2. The molecule has 10 heteroatoms.